The lowest BCUT2D eigenvalue weighted by molar-refractivity contribution is 0.246. The molecule has 1 aromatic carbocycles. The van der Waals surface area contributed by atoms with E-state index >= 15 is 0 Å². The third-order valence-electron chi connectivity index (χ3n) is 7.86. The Labute approximate surface area is 279 Å². The minimum atomic E-state index is -3.77. The number of tetrazole rings is 2. The van der Waals surface area contributed by atoms with Gasteiger partial charge in [-0.1, -0.05) is 65.7 Å². The number of nitrogens with zero attached hydrogens (tertiary/aromatic N) is 10. The molecule has 5 aromatic rings. The normalized spacial score (nSPS) is 19.5. The summed E-state index contributed by atoms with van der Waals surface area (Å²) in [6, 6.07) is 18.6. The number of aromatic nitrogens is 10. The van der Waals surface area contributed by atoms with Crippen molar-refractivity contribution in [2.45, 2.75) is 60.7 Å². The molecule has 4 aromatic heterocycles. The summed E-state index contributed by atoms with van der Waals surface area (Å²) >= 11 is 3.20. The second-order valence-electron chi connectivity index (χ2n) is 10.8. The lowest BCUT2D eigenvalue weighted by Gasteiger charge is -2.32. The first-order chi connectivity index (χ1) is 22.7. The average Bonchev–Trinajstić information content (AvgIpc) is 3.85. The Balaban J connectivity index is 0.000000168. The van der Waals surface area contributed by atoms with Gasteiger partial charge in [0.2, 0.25) is 0 Å². The Hall–Kier alpha value is -4.04. The van der Waals surface area contributed by atoms with E-state index in [2.05, 4.69) is 67.1 Å². The minimum absolute atomic E-state index is 0.0206. The highest BCUT2D eigenvalue weighted by atomic mass is 79.9. The van der Waals surface area contributed by atoms with Gasteiger partial charge >= 0.3 is 0 Å². The molecule has 0 bridgehead atoms. The lowest BCUT2D eigenvalue weighted by Crippen LogP contribution is -2.39. The van der Waals surface area contributed by atoms with E-state index in [1.807, 2.05) is 30.3 Å². The molecule has 2 unspecified atom stereocenters. The van der Waals surface area contributed by atoms with Crippen molar-refractivity contribution >= 4 is 36.0 Å². The molecule has 0 saturated carbocycles. The Morgan fingerprint density at radius 3 is 1.68 bits per heavy atom. The number of piperidine rings is 2. The van der Waals surface area contributed by atoms with Crippen molar-refractivity contribution in [3.8, 4) is 11.3 Å². The summed E-state index contributed by atoms with van der Waals surface area (Å²) < 4.78 is 55.4. The predicted molar refractivity (Wildman–Crippen MR) is 171 cm³/mol. The number of nitrogens with one attached hydrogen (secondary N) is 2. The number of halogens is 1. The highest BCUT2D eigenvalue weighted by Gasteiger charge is 2.38. The van der Waals surface area contributed by atoms with Gasteiger partial charge in [0.15, 0.2) is 21.7 Å². The molecule has 6 heterocycles. The molecule has 0 spiro atoms. The van der Waals surface area contributed by atoms with Crippen molar-refractivity contribution in [1.82, 2.24) is 59.8 Å². The van der Waals surface area contributed by atoms with E-state index in [0.29, 0.717) is 47.9 Å². The van der Waals surface area contributed by atoms with Crippen LogP contribution in [0.3, 0.4) is 0 Å². The molecule has 19 heteroatoms. The van der Waals surface area contributed by atoms with Crippen LogP contribution in [0.1, 0.15) is 62.3 Å². The first kappa shape index (κ1) is 32.9. The molecule has 7 rings (SSSR count). The molecule has 0 radical (unpaired) electrons. The predicted octanol–water partition coefficient (Wildman–Crippen LogP) is 3.45. The molecule has 2 aliphatic heterocycles. The van der Waals surface area contributed by atoms with Crippen LogP contribution >= 0.6 is 15.9 Å². The van der Waals surface area contributed by atoms with Crippen LogP contribution in [0.25, 0.3) is 11.3 Å². The summed E-state index contributed by atoms with van der Waals surface area (Å²) in [4.78, 5) is 8.47. The van der Waals surface area contributed by atoms with Gasteiger partial charge in [0.05, 0.1) is 17.8 Å². The van der Waals surface area contributed by atoms with E-state index in [9.17, 15) is 16.8 Å². The molecule has 2 aliphatic rings. The van der Waals surface area contributed by atoms with Gasteiger partial charge in [0, 0.05) is 18.7 Å². The van der Waals surface area contributed by atoms with E-state index in [-0.39, 0.29) is 10.1 Å². The van der Waals surface area contributed by atoms with Crippen LogP contribution < -0.4 is 0 Å². The molecule has 16 nitrogen and oxygen atoms in total. The minimum Gasteiger partial charge on any atom is -0.235 e. The van der Waals surface area contributed by atoms with Gasteiger partial charge in [-0.15, -0.1) is 20.4 Å². The molecule has 2 atom stereocenters. The lowest BCUT2D eigenvalue weighted by atomic mass is 10.0. The molecule has 2 saturated heterocycles. The van der Waals surface area contributed by atoms with Crippen LogP contribution in [0.15, 0.2) is 81.4 Å². The van der Waals surface area contributed by atoms with Crippen molar-refractivity contribution in [1.29, 1.82) is 0 Å². The topological polar surface area (TPSA) is 209 Å². The van der Waals surface area contributed by atoms with Gasteiger partial charge in [-0.2, -0.15) is 19.0 Å². The SMILES string of the molecule is O=S(=O)(c1cccc(-c2ccccc2)n1)N1CCCCC1c1nn[nH]n1.O=S(=O)(c1cccc(Br)n1)N1CCCCC1c1nn[nH]n1. The number of H-pyrrole nitrogens is 2. The summed E-state index contributed by atoms with van der Waals surface area (Å²) in [6.07, 6.45) is 4.79. The molecule has 2 N–H and O–H groups in total. The van der Waals surface area contributed by atoms with Gasteiger partial charge in [0.25, 0.3) is 20.0 Å². The van der Waals surface area contributed by atoms with Crippen LogP contribution in [-0.4, -0.2) is 89.8 Å². The van der Waals surface area contributed by atoms with E-state index < -0.39 is 32.1 Å². The Bertz CT molecular complexity index is 1980. The summed E-state index contributed by atoms with van der Waals surface area (Å²) in [5.74, 6) is 0.792. The smallest absolute Gasteiger partial charge is 0.235 e. The summed E-state index contributed by atoms with van der Waals surface area (Å²) in [5.41, 5.74) is 1.50. The molecular formula is C28H31BrN12O4S2. The second kappa shape index (κ2) is 14.4. The molecule has 0 aliphatic carbocycles. The standard InChI is InChI=1S/C17H18N6O2S.C11H13BrN6O2S/c24-26(25,23-12-5-4-10-15(23)17-19-21-22-20-17)16-11-6-9-14(18-16)13-7-2-1-3-8-13;12-9-5-3-6-10(13-9)21(19,20)18-7-2-1-4-8(18)11-14-16-17-15-11/h1-3,6-9,11,15H,4-5,10,12H2,(H,19,20,21,22);3,5-6,8H,1-2,4,7H2,(H,14,15,16,17). The fourth-order valence-corrected chi connectivity index (χ4v) is 9.30. The monoisotopic (exact) mass is 742 g/mol. The van der Waals surface area contributed by atoms with E-state index in [1.165, 1.54) is 20.7 Å². The molecule has 0 amide bonds. The van der Waals surface area contributed by atoms with Gasteiger partial charge in [0.1, 0.15) is 4.60 Å². The maximum absolute atomic E-state index is 13.3. The molecular weight excluding hydrogens is 712 g/mol. The van der Waals surface area contributed by atoms with E-state index in [0.717, 1.165) is 31.2 Å². The first-order valence-electron chi connectivity index (χ1n) is 14.9. The largest absolute Gasteiger partial charge is 0.261 e. The maximum atomic E-state index is 13.3. The quantitative estimate of drug-likeness (QED) is 0.230. The Kier molecular flexibility index (Phi) is 10.1. The number of hydrogen-bond donors (Lipinski definition) is 2. The molecule has 47 heavy (non-hydrogen) atoms. The first-order valence-corrected chi connectivity index (χ1v) is 18.6. The van der Waals surface area contributed by atoms with Gasteiger partial charge in [-0.25, -0.2) is 26.8 Å². The summed E-state index contributed by atoms with van der Waals surface area (Å²) in [7, 11) is -7.46. The number of aromatic amines is 2. The fourth-order valence-electron chi connectivity index (χ4n) is 5.62. The zero-order chi connectivity index (χ0) is 32.9. The van der Waals surface area contributed by atoms with Gasteiger partial charge < -0.3 is 0 Å². The summed E-state index contributed by atoms with van der Waals surface area (Å²) in [6.45, 7) is 0.842. The maximum Gasteiger partial charge on any atom is 0.261 e. The number of rotatable bonds is 7. The number of hydrogen-bond acceptors (Lipinski definition) is 12. The van der Waals surface area contributed by atoms with Crippen molar-refractivity contribution < 1.29 is 16.8 Å². The zero-order valence-electron chi connectivity index (χ0n) is 25.0. The van der Waals surface area contributed by atoms with Crippen LogP contribution in [-0.2, 0) is 20.0 Å². The Morgan fingerprint density at radius 1 is 0.638 bits per heavy atom. The highest BCUT2D eigenvalue weighted by Crippen LogP contribution is 2.34. The van der Waals surface area contributed by atoms with Crippen LogP contribution in [0.4, 0.5) is 0 Å². The van der Waals surface area contributed by atoms with Crippen molar-refractivity contribution in [3.05, 3.63) is 83.0 Å². The number of benzene rings is 1. The number of pyridine rings is 2. The summed E-state index contributed by atoms with van der Waals surface area (Å²) in [5, 5.41) is 27.8. The van der Waals surface area contributed by atoms with Crippen molar-refractivity contribution in [2.24, 2.45) is 0 Å². The molecule has 246 valence electrons. The number of sulfonamides is 2. The highest BCUT2D eigenvalue weighted by molar-refractivity contribution is 9.10. The molecule has 2 fully saturated rings. The fraction of sp³-hybridized carbons (Fsp3) is 0.357. The van der Waals surface area contributed by atoms with Gasteiger partial charge in [-0.05, 0) is 65.9 Å². The van der Waals surface area contributed by atoms with Crippen LogP contribution in [0, 0.1) is 0 Å². The van der Waals surface area contributed by atoms with Crippen LogP contribution in [0.5, 0.6) is 0 Å². The third kappa shape index (κ3) is 7.28. The van der Waals surface area contributed by atoms with Crippen molar-refractivity contribution in [2.75, 3.05) is 13.1 Å². The van der Waals surface area contributed by atoms with Gasteiger partial charge in [-0.3, -0.25) is 0 Å². The zero-order valence-corrected chi connectivity index (χ0v) is 28.2. The van der Waals surface area contributed by atoms with Crippen molar-refractivity contribution in [3.63, 3.8) is 0 Å². The third-order valence-corrected chi connectivity index (χ3v) is 11.9. The average molecular weight is 744 g/mol. The second-order valence-corrected chi connectivity index (χ2v) is 15.3. The Morgan fingerprint density at radius 2 is 1.17 bits per heavy atom. The van der Waals surface area contributed by atoms with E-state index in [1.54, 1.807) is 24.3 Å². The van der Waals surface area contributed by atoms with E-state index in [4.69, 9.17) is 0 Å². The van der Waals surface area contributed by atoms with Crippen LogP contribution in [0.2, 0.25) is 0 Å².